The van der Waals surface area contributed by atoms with Gasteiger partial charge in [0.25, 0.3) is 5.91 Å². The third-order valence-corrected chi connectivity index (χ3v) is 6.51. The summed E-state index contributed by atoms with van der Waals surface area (Å²) < 4.78 is 12.7. The molecule has 3 aromatic rings. The molecule has 0 bridgehead atoms. The molecule has 1 amide bonds. The van der Waals surface area contributed by atoms with Crippen molar-refractivity contribution >= 4 is 48.5 Å². The van der Waals surface area contributed by atoms with E-state index in [-0.39, 0.29) is 5.91 Å². The van der Waals surface area contributed by atoms with Gasteiger partial charge in [0.2, 0.25) is 0 Å². The zero-order valence-electron chi connectivity index (χ0n) is 17.6. The maximum absolute atomic E-state index is 13.5. The summed E-state index contributed by atoms with van der Waals surface area (Å²) in [6.45, 7) is 7.43. The maximum Gasteiger partial charge on any atom is 0.260 e. The zero-order chi connectivity index (χ0) is 21.7. The molecule has 0 aliphatic carbocycles. The van der Waals surface area contributed by atoms with Crippen LogP contribution in [0, 0.1) is 0 Å². The van der Waals surface area contributed by atoms with Gasteiger partial charge < -0.3 is 14.4 Å². The number of rotatable bonds is 9. The molecule has 0 N–H and O–H groups in total. The van der Waals surface area contributed by atoms with E-state index in [2.05, 4.69) is 34.7 Å². The molecular formula is C22H26BrN3O3S. The van der Waals surface area contributed by atoms with Gasteiger partial charge in [-0.3, -0.25) is 9.69 Å². The van der Waals surface area contributed by atoms with E-state index in [0.717, 1.165) is 34.3 Å². The number of carbonyl (C=O) groups excluding carboxylic acids is 1. The molecule has 0 spiro atoms. The Kier molecular flexibility index (Phi) is 7.69. The summed E-state index contributed by atoms with van der Waals surface area (Å²) in [5.41, 5.74) is 1.42. The number of likely N-dealkylation sites (N-methyl/N-ethyl adjacent to an activating group) is 1. The number of carbonyl (C=O) groups is 1. The number of hydrogen-bond donors (Lipinski definition) is 0. The van der Waals surface area contributed by atoms with Crippen LogP contribution in [0.4, 0.5) is 5.13 Å². The normalized spacial score (nSPS) is 11.1. The minimum Gasteiger partial charge on any atom is -0.493 e. The van der Waals surface area contributed by atoms with Crippen LogP contribution in [-0.2, 0) is 0 Å². The average Bonchev–Trinajstić information content (AvgIpc) is 3.18. The Bertz CT molecular complexity index is 1020. The number of amides is 1. The Morgan fingerprint density at radius 2 is 1.77 bits per heavy atom. The van der Waals surface area contributed by atoms with Crippen LogP contribution in [0.5, 0.6) is 11.5 Å². The third kappa shape index (κ3) is 4.94. The highest BCUT2D eigenvalue weighted by Crippen LogP contribution is 2.33. The molecule has 160 valence electrons. The van der Waals surface area contributed by atoms with Crippen molar-refractivity contribution in [2.45, 2.75) is 13.8 Å². The predicted molar refractivity (Wildman–Crippen MR) is 126 cm³/mol. The first-order valence-corrected chi connectivity index (χ1v) is 11.4. The Labute approximate surface area is 189 Å². The smallest absolute Gasteiger partial charge is 0.260 e. The Morgan fingerprint density at radius 3 is 2.43 bits per heavy atom. The number of aromatic nitrogens is 1. The summed E-state index contributed by atoms with van der Waals surface area (Å²) >= 11 is 5.02. The molecule has 6 nitrogen and oxygen atoms in total. The number of halogens is 1. The molecule has 3 rings (SSSR count). The fraction of sp³-hybridized carbons (Fsp3) is 0.364. The van der Waals surface area contributed by atoms with Gasteiger partial charge in [-0.25, -0.2) is 4.98 Å². The molecule has 0 fully saturated rings. The predicted octanol–water partition coefficient (Wildman–Crippen LogP) is 5.06. The van der Waals surface area contributed by atoms with Gasteiger partial charge in [0.05, 0.1) is 24.4 Å². The summed E-state index contributed by atoms with van der Waals surface area (Å²) in [5.74, 6) is 1.01. The fourth-order valence-electron chi connectivity index (χ4n) is 3.19. The zero-order valence-corrected chi connectivity index (χ0v) is 20.0. The second-order valence-electron chi connectivity index (χ2n) is 6.66. The van der Waals surface area contributed by atoms with Crippen molar-refractivity contribution < 1.29 is 14.3 Å². The molecule has 0 saturated carbocycles. The van der Waals surface area contributed by atoms with E-state index in [1.54, 1.807) is 37.3 Å². The van der Waals surface area contributed by atoms with Crippen LogP contribution in [0.1, 0.15) is 24.2 Å². The first-order valence-electron chi connectivity index (χ1n) is 9.83. The van der Waals surface area contributed by atoms with E-state index in [0.29, 0.717) is 28.7 Å². The lowest BCUT2D eigenvalue weighted by Crippen LogP contribution is -2.38. The Balaban J connectivity index is 1.98. The molecule has 1 aromatic heterocycles. The molecule has 0 unspecified atom stereocenters. The molecule has 2 aromatic carbocycles. The number of benzene rings is 2. The first-order chi connectivity index (χ1) is 14.5. The van der Waals surface area contributed by atoms with Crippen LogP contribution in [0.25, 0.3) is 10.2 Å². The van der Waals surface area contributed by atoms with Gasteiger partial charge in [0.1, 0.15) is 0 Å². The van der Waals surface area contributed by atoms with Gasteiger partial charge in [0, 0.05) is 23.1 Å². The Morgan fingerprint density at radius 1 is 1.03 bits per heavy atom. The SMILES string of the molecule is CCN(CC)CCN(C(=O)c1ccc(OC)c(OC)c1)c1nc2ccc(Br)cc2s1. The van der Waals surface area contributed by atoms with Crippen molar-refractivity contribution in [1.82, 2.24) is 9.88 Å². The molecule has 0 radical (unpaired) electrons. The minimum atomic E-state index is -0.110. The van der Waals surface area contributed by atoms with Crippen LogP contribution < -0.4 is 14.4 Å². The maximum atomic E-state index is 13.5. The van der Waals surface area contributed by atoms with E-state index in [1.165, 1.54) is 11.3 Å². The topological polar surface area (TPSA) is 54.9 Å². The lowest BCUT2D eigenvalue weighted by molar-refractivity contribution is 0.0983. The molecular weight excluding hydrogens is 466 g/mol. The third-order valence-electron chi connectivity index (χ3n) is 4.98. The van der Waals surface area contributed by atoms with Gasteiger partial charge in [-0.2, -0.15) is 0 Å². The number of hydrogen-bond acceptors (Lipinski definition) is 6. The highest BCUT2D eigenvalue weighted by atomic mass is 79.9. The van der Waals surface area contributed by atoms with Crippen molar-refractivity contribution in [2.24, 2.45) is 0 Å². The monoisotopic (exact) mass is 491 g/mol. The van der Waals surface area contributed by atoms with Crippen LogP contribution in [-0.4, -0.2) is 56.2 Å². The number of ether oxygens (including phenoxy) is 2. The number of thiazole rings is 1. The van der Waals surface area contributed by atoms with E-state index in [4.69, 9.17) is 14.5 Å². The van der Waals surface area contributed by atoms with Crippen molar-refractivity contribution in [1.29, 1.82) is 0 Å². The van der Waals surface area contributed by atoms with Gasteiger partial charge in [-0.05, 0) is 49.5 Å². The van der Waals surface area contributed by atoms with E-state index >= 15 is 0 Å². The molecule has 8 heteroatoms. The second kappa shape index (κ2) is 10.2. The van der Waals surface area contributed by atoms with Crippen LogP contribution >= 0.6 is 27.3 Å². The summed E-state index contributed by atoms with van der Waals surface area (Å²) in [6.07, 6.45) is 0. The fourth-order valence-corrected chi connectivity index (χ4v) is 4.73. The lowest BCUT2D eigenvalue weighted by Gasteiger charge is -2.25. The molecule has 30 heavy (non-hydrogen) atoms. The first kappa shape index (κ1) is 22.5. The molecule has 0 saturated heterocycles. The molecule has 0 atom stereocenters. The lowest BCUT2D eigenvalue weighted by atomic mass is 10.1. The van der Waals surface area contributed by atoms with Crippen LogP contribution in [0.3, 0.4) is 0 Å². The highest BCUT2D eigenvalue weighted by molar-refractivity contribution is 9.10. The summed E-state index contributed by atoms with van der Waals surface area (Å²) in [4.78, 5) is 22.3. The van der Waals surface area contributed by atoms with E-state index in [9.17, 15) is 4.79 Å². The number of nitrogens with zero attached hydrogens (tertiary/aromatic N) is 3. The summed E-state index contributed by atoms with van der Waals surface area (Å²) in [7, 11) is 3.14. The summed E-state index contributed by atoms with van der Waals surface area (Å²) in [5, 5.41) is 0.690. The highest BCUT2D eigenvalue weighted by Gasteiger charge is 2.23. The number of anilines is 1. The quantitative estimate of drug-likeness (QED) is 0.418. The largest absolute Gasteiger partial charge is 0.493 e. The van der Waals surface area contributed by atoms with Crippen LogP contribution in [0.15, 0.2) is 40.9 Å². The van der Waals surface area contributed by atoms with Crippen molar-refractivity contribution in [2.75, 3.05) is 45.3 Å². The minimum absolute atomic E-state index is 0.110. The van der Waals surface area contributed by atoms with Gasteiger partial charge in [-0.1, -0.05) is 41.1 Å². The van der Waals surface area contributed by atoms with Gasteiger partial charge in [-0.15, -0.1) is 0 Å². The van der Waals surface area contributed by atoms with Crippen molar-refractivity contribution in [3.05, 3.63) is 46.4 Å². The van der Waals surface area contributed by atoms with E-state index in [1.807, 2.05) is 18.2 Å². The van der Waals surface area contributed by atoms with Crippen molar-refractivity contribution in [3.63, 3.8) is 0 Å². The Hall–Kier alpha value is -2.16. The molecule has 0 aliphatic rings. The average molecular weight is 492 g/mol. The van der Waals surface area contributed by atoms with E-state index < -0.39 is 0 Å². The van der Waals surface area contributed by atoms with Crippen molar-refractivity contribution in [3.8, 4) is 11.5 Å². The summed E-state index contributed by atoms with van der Waals surface area (Å²) in [6, 6.07) is 11.2. The standard InChI is InChI=1S/C22H26BrN3O3S/c1-5-25(6-2)11-12-26(22-24-17-9-8-16(23)14-20(17)30-22)21(27)15-7-10-18(28-3)19(13-15)29-4/h7-10,13-14H,5-6,11-12H2,1-4H3. The number of methoxy groups -OCH3 is 2. The van der Waals surface area contributed by atoms with Gasteiger partial charge >= 0.3 is 0 Å². The molecule has 0 aliphatic heterocycles. The van der Waals surface area contributed by atoms with Gasteiger partial charge in [0.15, 0.2) is 16.6 Å². The second-order valence-corrected chi connectivity index (χ2v) is 8.59. The molecule has 1 heterocycles. The number of fused-ring (bicyclic) bond motifs is 1. The van der Waals surface area contributed by atoms with Crippen LogP contribution in [0.2, 0.25) is 0 Å².